The van der Waals surface area contributed by atoms with Crippen molar-refractivity contribution in [1.29, 1.82) is 0 Å². The highest BCUT2D eigenvalue weighted by molar-refractivity contribution is 6.30. The lowest BCUT2D eigenvalue weighted by Crippen LogP contribution is -2.07. The van der Waals surface area contributed by atoms with E-state index in [4.69, 9.17) is 16.3 Å². The number of hydrogen-bond acceptors (Lipinski definition) is 5. The molecule has 0 saturated heterocycles. The molecule has 3 rings (SSSR count). The minimum Gasteiger partial charge on any atom is -0.465 e. The quantitative estimate of drug-likeness (QED) is 0.397. The van der Waals surface area contributed by atoms with Gasteiger partial charge in [0.2, 0.25) is 0 Å². The van der Waals surface area contributed by atoms with Gasteiger partial charge in [-0.2, -0.15) is 0 Å². The van der Waals surface area contributed by atoms with Crippen LogP contribution in [-0.4, -0.2) is 23.0 Å². The second-order valence-electron chi connectivity index (χ2n) is 6.98. The van der Waals surface area contributed by atoms with Crippen molar-refractivity contribution < 1.29 is 13.9 Å². The zero-order chi connectivity index (χ0) is 22.4. The Bertz CT molecular complexity index is 1120. The molecule has 0 spiro atoms. The molecule has 3 aromatic rings. The molecule has 0 aliphatic rings. The largest absolute Gasteiger partial charge is 0.465 e. The first-order chi connectivity index (χ1) is 14.9. The van der Waals surface area contributed by atoms with Crippen molar-refractivity contribution in [3.05, 3.63) is 77.5 Å². The van der Waals surface area contributed by atoms with Gasteiger partial charge >= 0.3 is 5.97 Å². The highest BCUT2D eigenvalue weighted by Gasteiger charge is 2.16. The average Bonchev–Trinajstić information content (AvgIpc) is 2.78. The predicted molar refractivity (Wildman–Crippen MR) is 122 cm³/mol. The molecule has 0 saturated carbocycles. The van der Waals surface area contributed by atoms with Gasteiger partial charge in [0.1, 0.15) is 11.4 Å². The molecule has 0 bridgehead atoms. The van der Waals surface area contributed by atoms with Gasteiger partial charge in [0, 0.05) is 40.4 Å². The van der Waals surface area contributed by atoms with E-state index in [0.717, 1.165) is 30.4 Å². The maximum atomic E-state index is 14.4. The summed E-state index contributed by atoms with van der Waals surface area (Å²) in [6.45, 7) is 6.30. The standard InChI is InChI=1S/C24H23ClFN3O2/c1-4-5-6-15(2)18-14-28-22(17-11-16(25)7-8-20(17)26)12-23(18)29-21-9-10-27-13-19(21)24(30)31-3/h7-14H,2,4-6H2,1,3H3,(H,27,28,29). The summed E-state index contributed by atoms with van der Waals surface area (Å²) in [7, 11) is 1.31. The Labute approximate surface area is 186 Å². The fraction of sp³-hybridized carbons (Fsp3) is 0.208. The maximum Gasteiger partial charge on any atom is 0.341 e. The third-order valence-corrected chi connectivity index (χ3v) is 5.05. The molecule has 1 aromatic carbocycles. The third kappa shape index (κ3) is 5.27. The average molecular weight is 440 g/mol. The number of rotatable bonds is 8. The molecule has 5 nitrogen and oxygen atoms in total. The number of hydrogen-bond donors (Lipinski definition) is 1. The van der Waals surface area contributed by atoms with Gasteiger partial charge in [-0.15, -0.1) is 0 Å². The van der Waals surface area contributed by atoms with Gasteiger partial charge < -0.3 is 10.1 Å². The molecule has 7 heteroatoms. The number of ether oxygens (including phenoxy) is 1. The maximum absolute atomic E-state index is 14.4. The van der Waals surface area contributed by atoms with E-state index in [0.29, 0.717) is 22.1 Å². The molecule has 2 aromatic heterocycles. The first-order valence-electron chi connectivity index (χ1n) is 9.87. The zero-order valence-corrected chi connectivity index (χ0v) is 18.2. The Kier molecular flexibility index (Phi) is 7.36. The molecule has 31 heavy (non-hydrogen) atoms. The molecule has 0 amide bonds. The zero-order valence-electron chi connectivity index (χ0n) is 17.4. The van der Waals surface area contributed by atoms with E-state index < -0.39 is 11.8 Å². The Morgan fingerprint density at radius 3 is 2.74 bits per heavy atom. The number of pyridine rings is 2. The number of halogens is 2. The second-order valence-corrected chi connectivity index (χ2v) is 7.42. The van der Waals surface area contributed by atoms with Crippen molar-refractivity contribution in [2.24, 2.45) is 0 Å². The summed E-state index contributed by atoms with van der Waals surface area (Å²) in [5.74, 6) is -0.948. The van der Waals surface area contributed by atoms with Crippen molar-refractivity contribution in [2.45, 2.75) is 26.2 Å². The summed E-state index contributed by atoms with van der Waals surface area (Å²) in [6.07, 6.45) is 7.45. The number of unbranched alkanes of at least 4 members (excludes halogenated alkanes) is 1. The Balaban J connectivity index is 2.10. The van der Waals surface area contributed by atoms with Crippen molar-refractivity contribution >= 4 is 34.5 Å². The SMILES string of the molecule is C=C(CCCC)c1cnc(-c2cc(Cl)ccc2F)cc1Nc1ccncc1C(=O)OC. The summed E-state index contributed by atoms with van der Waals surface area (Å²) >= 11 is 6.06. The molecular formula is C24H23ClFN3O2. The van der Waals surface area contributed by atoms with Crippen LogP contribution in [0.5, 0.6) is 0 Å². The van der Waals surface area contributed by atoms with E-state index >= 15 is 0 Å². The number of nitrogens with zero attached hydrogens (tertiary/aromatic N) is 2. The molecule has 1 N–H and O–H groups in total. The van der Waals surface area contributed by atoms with Crippen molar-refractivity contribution in [3.63, 3.8) is 0 Å². The lowest BCUT2D eigenvalue weighted by atomic mass is 10.00. The van der Waals surface area contributed by atoms with Crippen molar-refractivity contribution in [1.82, 2.24) is 9.97 Å². The topological polar surface area (TPSA) is 64.1 Å². The number of aromatic nitrogens is 2. The van der Waals surface area contributed by atoms with Crippen LogP contribution in [0.4, 0.5) is 15.8 Å². The van der Waals surface area contributed by atoms with Crippen LogP contribution in [0.2, 0.25) is 5.02 Å². The Morgan fingerprint density at radius 2 is 2.00 bits per heavy atom. The van der Waals surface area contributed by atoms with E-state index in [1.807, 2.05) is 0 Å². The number of nitrogens with one attached hydrogen (secondary N) is 1. The van der Waals surface area contributed by atoms with E-state index in [9.17, 15) is 9.18 Å². The first-order valence-corrected chi connectivity index (χ1v) is 10.2. The van der Waals surface area contributed by atoms with Crippen LogP contribution >= 0.6 is 11.6 Å². The molecule has 2 heterocycles. The van der Waals surface area contributed by atoms with Crippen LogP contribution < -0.4 is 5.32 Å². The number of methoxy groups -OCH3 is 1. The van der Waals surface area contributed by atoms with Gasteiger partial charge in [-0.05, 0) is 48.7 Å². The Morgan fingerprint density at radius 1 is 1.19 bits per heavy atom. The number of benzene rings is 1. The van der Waals surface area contributed by atoms with Crippen LogP contribution in [0.3, 0.4) is 0 Å². The van der Waals surface area contributed by atoms with E-state index in [2.05, 4.69) is 28.8 Å². The minimum atomic E-state index is -0.517. The number of allylic oxidation sites excluding steroid dienone is 1. The number of esters is 1. The summed E-state index contributed by atoms with van der Waals surface area (Å²) in [5, 5.41) is 3.67. The fourth-order valence-corrected chi connectivity index (χ4v) is 3.30. The van der Waals surface area contributed by atoms with Crippen LogP contribution in [0, 0.1) is 5.82 Å². The predicted octanol–water partition coefficient (Wildman–Crippen LogP) is 6.67. The second kappa shape index (κ2) is 10.2. The minimum absolute atomic E-state index is 0.280. The van der Waals surface area contributed by atoms with Gasteiger partial charge in [-0.1, -0.05) is 31.5 Å². The van der Waals surface area contributed by atoms with Crippen molar-refractivity contribution in [3.8, 4) is 11.3 Å². The van der Waals surface area contributed by atoms with E-state index in [1.54, 1.807) is 24.5 Å². The third-order valence-electron chi connectivity index (χ3n) is 4.82. The highest BCUT2D eigenvalue weighted by atomic mass is 35.5. The lowest BCUT2D eigenvalue weighted by molar-refractivity contribution is 0.0601. The van der Waals surface area contributed by atoms with Crippen LogP contribution in [0.25, 0.3) is 16.8 Å². The molecule has 0 radical (unpaired) electrons. The lowest BCUT2D eigenvalue weighted by Gasteiger charge is -2.17. The molecule has 0 unspecified atom stereocenters. The summed E-state index contributed by atoms with van der Waals surface area (Å²) < 4.78 is 19.3. The van der Waals surface area contributed by atoms with Crippen molar-refractivity contribution in [2.75, 3.05) is 12.4 Å². The normalized spacial score (nSPS) is 10.6. The van der Waals surface area contributed by atoms with Gasteiger partial charge in [0.25, 0.3) is 0 Å². The molecule has 0 fully saturated rings. The van der Waals surface area contributed by atoms with Crippen LogP contribution in [0.15, 0.2) is 55.5 Å². The number of carbonyl (C=O) groups is 1. The van der Waals surface area contributed by atoms with E-state index in [1.165, 1.54) is 31.5 Å². The van der Waals surface area contributed by atoms with Gasteiger partial charge in [0.05, 0.1) is 18.5 Å². The van der Waals surface area contributed by atoms with Gasteiger partial charge in [-0.3, -0.25) is 9.97 Å². The fourth-order valence-electron chi connectivity index (χ4n) is 3.13. The highest BCUT2D eigenvalue weighted by Crippen LogP contribution is 2.34. The molecule has 0 aliphatic carbocycles. The summed E-state index contributed by atoms with van der Waals surface area (Å²) in [6, 6.07) is 7.72. The summed E-state index contributed by atoms with van der Waals surface area (Å²) in [5.41, 5.74) is 3.79. The number of anilines is 2. The molecule has 0 atom stereocenters. The Hall–Kier alpha value is -3.25. The van der Waals surface area contributed by atoms with Crippen LogP contribution in [0.1, 0.15) is 42.1 Å². The van der Waals surface area contributed by atoms with Gasteiger partial charge in [-0.25, -0.2) is 9.18 Å². The van der Waals surface area contributed by atoms with Crippen LogP contribution in [-0.2, 0) is 4.74 Å². The smallest absolute Gasteiger partial charge is 0.341 e. The molecule has 0 aliphatic heterocycles. The monoisotopic (exact) mass is 439 g/mol. The molecular weight excluding hydrogens is 417 g/mol. The van der Waals surface area contributed by atoms with E-state index in [-0.39, 0.29) is 11.1 Å². The van der Waals surface area contributed by atoms with Gasteiger partial charge in [0.15, 0.2) is 0 Å². The molecule has 160 valence electrons. The summed E-state index contributed by atoms with van der Waals surface area (Å²) in [4.78, 5) is 20.6. The number of carbonyl (C=O) groups excluding carboxylic acids is 1. The first kappa shape index (κ1) is 22.4.